The van der Waals surface area contributed by atoms with Crippen LogP contribution in [0.4, 0.5) is 0 Å². The van der Waals surface area contributed by atoms with E-state index in [1.54, 1.807) is 0 Å². The van der Waals surface area contributed by atoms with E-state index >= 15 is 0 Å². The van der Waals surface area contributed by atoms with Gasteiger partial charge in [0, 0.05) is 0 Å². The third kappa shape index (κ3) is 38.1. The molecule has 0 radical (unpaired) electrons. The first-order chi connectivity index (χ1) is 5.83. The molecule has 0 amide bonds. The molecule has 14 heavy (non-hydrogen) atoms. The third-order valence-electron chi connectivity index (χ3n) is 1.71. The zero-order chi connectivity index (χ0) is 9.66. The van der Waals surface area contributed by atoms with Gasteiger partial charge in [0.1, 0.15) is 0 Å². The summed E-state index contributed by atoms with van der Waals surface area (Å²) in [5.74, 6) is 0. The number of rotatable bonds is 6. The summed E-state index contributed by atoms with van der Waals surface area (Å²) in [5, 5.41) is 0. The largest absolute Gasteiger partial charge is 2.00 e. The van der Waals surface area contributed by atoms with Crippen LogP contribution in [0.3, 0.4) is 0 Å². The first-order valence-corrected chi connectivity index (χ1v) is 5.41. The van der Waals surface area contributed by atoms with Crippen molar-refractivity contribution in [2.45, 2.75) is 65.2 Å². The summed E-state index contributed by atoms with van der Waals surface area (Å²) in [6, 6.07) is 0. The summed E-state index contributed by atoms with van der Waals surface area (Å²) >= 11 is 0. The van der Waals surface area contributed by atoms with Crippen molar-refractivity contribution in [1.29, 1.82) is 0 Å². The molecule has 0 aromatic heterocycles. The van der Waals surface area contributed by atoms with Crippen LogP contribution in [0.1, 0.15) is 65.2 Å². The summed E-state index contributed by atoms with van der Waals surface area (Å²) in [4.78, 5) is 0. The monoisotopic (exact) mass is 268 g/mol. The van der Waals surface area contributed by atoms with Gasteiger partial charge in [-0.1, -0.05) is 52.4 Å². The van der Waals surface area contributed by atoms with Gasteiger partial charge in [-0.15, -0.1) is 0 Å². The molecule has 0 aliphatic rings. The zero-order valence-corrected chi connectivity index (χ0v) is 14.9. The van der Waals surface area contributed by atoms with Crippen LogP contribution in [0, 0.1) is 13.8 Å². The molecule has 0 heterocycles. The fourth-order valence-electron chi connectivity index (χ4n) is 0.780. The molecule has 1 atom stereocenters. The fourth-order valence-corrected chi connectivity index (χ4v) is 0.780. The van der Waals surface area contributed by atoms with Gasteiger partial charge in [0.2, 0.25) is 0 Å². The summed E-state index contributed by atoms with van der Waals surface area (Å²) in [6.45, 7) is 11.7. The van der Waals surface area contributed by atoms with Crippen molar-refractivity contribution in [3.63, 3.8) is 0 Å². The van der Waals surface area contributed by atoms with Crippen molar-refractivity contribution < 1.29 is 19.5 Å². The van der Waals surface area contributed by atoms with E-state index < -0.39 is 0 Å². The van der Waals surface area contributed by atoms with Crippen molar-refractivity contribution in [2.24, 2.45) is 0 Å². The molecule has 0 fully saturated rings. The van der Waals surface area contributed by atoms with Gasteiger partial charge in [-0.25, -0.2) is 0 Å². The van der Waals surface area contributed by atoms with Crippen LogP contribution in [-0.4, -0.2) is 0 Å². The van der Waals surface area contributed by atoms with Crippen LogP contribution in [0.25, 0.3) is 0 Å². The van der Waals surface area contributed by atoms with Crippen LogP contribution < -0.4 is 0 Å². The van der Waals surface area contributed by atoms with Gasteiger partial charge in [0.05, 0.1) is 0 Å². The van der Waals surface area contributed by atoms with Crippen LogP contribution in [0.2, 0.25) is 0 Å². The molecule has 0 aromatic rings. The van der Waals surface area contributed by atoms with Crippen molar-refractivity contribution in [1.82, 2.24) is 0 Å². The minimum Gasteiger partial charge on any atom is -0.343 e. The number of unbranched alkanes of at least 4 members (excludes halogenated alkanes) is 6. The Morgan fingerprint density at radius 2 is 1.14 bits per heavy atom. The van der Waals surface area contributed by atoms with E-state index in [0.29, 0.717) is 0 Å². The van der Waals surface area contributed by atoms with Crippen LogP contribution in [0.5, 0.6) is 0 Å². The Morgan fingerprint density at radius 3 is 1.43 bits per heavy atom. The third-order valence-corrected chi connectivity index (χ3v) is 1.71. The molecule has 0 spiro atoms. The maximum Gasteiger partial charge on any atom is 2.00 e. The topological polar surface area (TPSA) is 0 Å². The first-order valence-electron chi connectivity index (χ1n) is 5.41. The fraction of sp³-hybridized carbons (Fsp3) is 0.833. The molecule has 0 rings (SSSR count). The van der Waals surface area contributed by atoms with E-state index in [9.17, 15) is 0 Å². The molecule has 0 N–H and O–H groups in total. The van der Waals surface area contributed by atoms with Crippen molar-refractivity contribution in [3.8, 4) is 0 Å². The van der Waals surface area contributed by atoms with Crippen molar-refractivity contribution in [3.05, 3.63) is 13.8 Å². The maximum absolute atomic E-state index is 3.78. The molecular formula is C12H29PZn. The second-order valence-electron chi connectivity index (χ2n) is 3.12. The van der Waals surface area contributed by atoms with E-state index in [-0.39, 0.29) is 29.4 Å². The molecule has 2 heteroatoms. The quantitative estimate of drug-likeness (QED) is 0.280. The minimum atomic E-state index is 0. The molecule has 0 aliphatic heterocycles. The zero-order valence-electron chi connectivity index (χ0n) is 10.5. The van der Waals surface area contributed by atoms with Gasteiger partial charge >= 0.3 is 19.5 Å². The summed E-state index contributed by atoms with van der Waals surface area (Å²) in [5.41, 5.74) is 0. The predicted molar refractivity (Wildman–Crippen MR) is 70.1 cm³/mol. The molecule has 0 saturated heterocycles. The van der Waals surface area contributed by atoms with Crippen molar-refractivity contribution >= 4 is 9.90 Å². The Morgan fingerprint density at radius 1 is 0.714 bits per heavy atom. The van der Waals surface area contributed by atoms with Gasteiger partial charge in [-0.3, -0.25) is 0 Å². The SMILES string of the molecule is P.[CH2-]CCC.[CH2-]CCCCCCC.[Zn+2]. The Hall–Kier alpha value is 1.05. The molecular weight excluding hydrogens is 240 g/mol. The Balaban J connectivity index is -0.0000000733. The molecule has 0 nitrogen and oxygen atoms in total. The molecule has 0 bridgehead atoms. The average Bonchev–Trinajstić information content (AvgIpc) is 2.13. The van der Waals surface area contributed by atoms with E-state index in [1.165, 1.54) is 38.5 Å². The summed E-state index contributed by atoms with van der Waals surface area (Å²) in [6.07, 6.45) is 10.3. The Labute approximate surface area is 108 Å². The van der Waals surface area contributed by atoms with E-state index in [1.807, 2.05) is 0 Å². The second-order valence-corrected chi connectivity index (χ2v) is 3.12. The Kier molecular flexibility index (Phi) is 50.8. The van der Waals surface area contributed by atoms with E-state index in [4.69, 9.17) is 0 Å². The standard InChI is InChI=1S/C8H17.C4H9.H3P.Zn/c1-3-5-7-8-6-4-2;1-3-4-2;;/h1,3-8H2,2H3;1,3-4H2,2H3;1H3;/q2*-1;;+2. The normalized spacial score (nSPS) is 7.71. The molecule has 0 aromatic carbocycles. The van der Waals surface area contributed by atoms with E-state index in [0.717, 1.165) is 12.8 Å². The van der Waals surface area contributed by atoms with E-state index in [2.05, 4.69) is 27.7 Å². The maximum atomic E-state index is 3.78. The molecule has 0 aliphatic carbocycles. The number of hydrogen-bond acceptors (Lipinski definition) is 0. The van der Waals surface area contributed by atoms with Crippen LogP contribution in [-0.2, 0) is 19.5 Å². The first kappa shape index (κ1) is 24.3. The number of hydrogen-bond donors (Lipinski definition) is 0. The minimum absolute atomic E-state index is 0. The second kappa shape index (κ2) is 29.2. The summed E-state index contributed by atoms with van der Waals surface area (Å²) in [7, 11) is 0. The molecule has 0 saturated carbocycles. The summed E-state index contributed by atoms with van der Waals surface area (Å²) < 4.78 is 0. The molecule has 1 unspecified atom stereocenters. The predicted octanol–water partition coefficient (Wildman–Crippen LogP) is 4.86. The van der Waals surface area contributed by atoms with Gasteiger partial charge in [-0.05, 0) is 0 Å². The molecule has 84 valence electrons. The smallest absolute Gasteiger partial charge is 0.343 e. The van der Waals surface area contributed by atoms with Crippen LogP contribution >= 0.6 is 9.90 Å². The van der Waals surface area contributed by atoms with Gasteiger partial charge in [-0.2, -0.15) is 22.7 Å². The van der Waals surface area contributed by atoms with Gasteiger partial charge in [0.15, 0.2) is 0 Å². The Bertz CT molecular complexity index is 50.3. The van der Waals surface area contributed by atoms with Crippen molar-refractivity contribution in [2.75, 3.05) is 0 Å². The van der Waals surface area contributed by atoms with Crippen LogP contribution in [0.15, 0.2) is 0 Å². The van der Waals surface area contributed by atoms with Gasteiger partial charge < -0.3 is 13.8 Å². The average molecular weight is 270 g/mol. The van der Waals surface area contributed by atoms with Gasteiger partial charge in [0.25, 0.3) is 0 Å².